The zero-order valence-electron chi connectivity index (χ0n) is 11.9. The predicted molar refractivity (Wildman–Crippen MR) is 84.3 cm³/mol. The van der Waals surface area contributed by atoms with Crippen LogP contribution in [0.1, 0.15) is 16.7 Å². The molecule has 2 aromatic rings. The molecule has 3 nitrogen and oxygen atoms in total. The molecule has 2 N–H and O–H groups in total. The van der Waals surface area contributed by atoms with Crippen LogP contribution in [0, 0.1) is 5.92 Å². The largest absolute Gasteiger partial charge is 0.398 e. The van der Waals surface area contributed by atoms with Gasteiger partial charge in [-0.15, -0.1) is 0 Å². The molecule has 0 spiro atoms. The van der Waals surface area contributed by atoms with Gasteiger partial charge in [0.1, 0.15) is 0 Å². The van der Waals surface area contributed by atoms with Gasteiger partial charge < -0.3 is 10.6 Å². The van der Waals surface area contributed by atoms with Crippen LogP contribution in [0.15, 0.2) is 42.5 Å². The fourth-order valence-corrected chi connectivity index (χ4v) is 3.64. The first kappa shape index (κ1) is 12.5. The lowest BCUT2D eigenvalue weighted by molar-refractivity contribution is -0.122. The lowest BCUT2D eigenvalue weighted by Crippen LogP contribution is -2.35. The molecule has 1 heterocycles. The molecule has 1 amide bonds. The molecule has 0 atom stereocenters. The summed E-state index contributed by atoms with van der Waals surface area (Å²) < 4.78 is 0. The van der Waals surface area contributed by atoms with Gasteiger partial charge in [-0.05, 0) is 42.5 Å². The summed E-state index contributed by atoms with van der Waals surface area (Å²) >= 11 is 0. The summed E-state index contributed by atoms with van der Waals surface area (Å²) in [5, 5.41) is 0. The molecule has 1 aliphatic carbocycles. The van der Waals surface area contributed by atoms with E-state index in [0.717, 1.165) is 42.7 Å². The maximum absolute atomic E-state index is 12.9. The Labute approximate surface area is 124 Å². The Hall–Kier alpha value is -2.29. The zero-order chi connectivity index (χ0) is 14.4. The molecular formula is C18H18N2O. The van der Waals surface area contributed by atoms with E-state index >= 15 is 0 Å². The molecule has 0 aromatic heterocycles. The zero-order valence-corrected chi connectivity index (χ0v) is 11.9. The number of carbonyl (C=O) groups excluding carboxylic acids is 1. The van der Waals surface area contributed by atoms with Crippen LogP contribution >= 0.6 is 0 Å². The van der Waals surface area contributed by atoms with Crippen LogP contribution in [0.25, 0.3) is 0 Å². The fraction of sp³-hybridized carbons (Fsp3) is 0.278. The average molecular weight is 278 g/mol. The molecule has 2 aromatic carbocycles. The van der Waals surface area contributed by atoms with E-state index in [9.17, 15) is 4.79 Å². The van der Waals surface area contributed by atoms with E-state index in [1.807, 2.05) is 23.1 Å². The summed E-state index contributed by atoms with van der Waals surface area (Å²) in [6.45, 7) is 0.759. The van der Waals surface area contributed by atoms with E-state index < -0.39 is 0 Å². The molecule has 0 fully saturated rings. The van der Waals surface area contributed by atoms with Gasteiger partial charge in [-0.3, -0.25) is 4.79 Å². The molecule has 0 bridgehead atoms. The van der Waals surface area contributed by atoms with Crippen molar-refractivity contribution in [2.75, 3.05) is 17.2 Å². The third kappa shape index (κ3) is 1.92. The standard InChI is InChI=1S/C18H18N2O/c19-16-6-3-7-17-15(16)8-9-20(17)18(21)14-10-12-4-1-2-5-13(12)11-14/h1-7,14H,8-11,19H2. The van der Waals surface area contributed by atoms with Crippen LogP contribution in [0.5, 0.6) is 0 Å². The van der Waals surface area contributed by atoms with Gasteiger partial charge >= 0.3 is 0 Å². The van der Waals surface area contributed by atoms with Crippen molar-refractivity contribution < 1.29 is 4.79 Å². The number of fused-ring (bicyclic) bond motifs is 2. The number of nitrogen functional groups attached to an aromatic ring is 1. The lowest BCUT2D eigenvalue weighted by atomic mass is 10.0. The molecule has 0 radical (unpaired) electrons. The molecule has 0 saturated carbocycles. The summed E-state index contributed by atoms with van der Waals surface area (Å²) in [7, 11) is 0. The van der Waals surface area contributed by atoms with Crippen molar-refractivity contribution in [3.63, 3.8) is 0 Å². The molecule has 1 aliphatic heterocycles. The fourth-order valence-electron chi connectivity index (χ4n) is 3.64. The number of nitrogens with two attached hydrogens (primary N) is 1. The number of amides is 1. The Morgan fingerprint density at radius 1 is 1.05 bits per heavy atom. The van der Waals surface area contributed by atoms with Gasteiger partial charge in [-0.1, -0.05) is 30.3 Å². The van der Waals surface area contributed by atoms with E-state index in [1.54, 1.807) is 0 Å². The molecule has 4 rings (SSSR count). The second-order valence-corrected chi connectivity index (χ2v) is 5.96. The van der Waals surface area contributed by atoms with E-state index in [4.69, 9.17) is 5.73 Å². The quantitative estimate of drug-likeness (QED) is 0.815. The van der Waals surface area contributed by atoms with E-state index in [2.05, 4.69) is 24.3 Å². The highest BCUT2D eigenvalue weighted by atomic mass is 16.2. The number of anilines is 2. The van der Waals surface area contributed by atoms with E-state index in [-0.39, 0.29) is 11.8 Å². The Morgan fingerprint density at radius 3 is 2.48 bits per heavy atom. The van der Waals surface area contributed by atoms with Crippen molar-refractivity contribution in [1.82, 2.24) is 0 Å². The highest BCUT2D eigenvalue weighted by molar-refractivity contribution is 5.98. The van der Waals surface area contributed by atoms with Crippen molar-refractivity contribution in [3.05, 3.63) is 59.2 Å². The van der Waals surface area contributed by atoms with Crippen LogP contribution in [0.2, 0.25) is 0 Å². The second kappa shape index (κ2) is 4.62. The van der Waals surface area contributed by atoms with Crippen LogP contribution in [0.4, 0.5) is 11.4 Å². The minimum absolute atomic E-state index is 0.0785. The number of hydrogen-bond acceptors (Lipinski definition) is 2. The summed E-state index contributed by atoms with van der Waals surface area (Å²) in [6.07, 6.45) is 2.60. The minimum atomic E-state index is 0.0785. The number of carbonyl (C=O) groups is 1. The monoisotopic (exact) mass is 278 g/mol. The lowest BCUT2D eigenvalue weighted by Gasteiger charge is -2.21. The van der Waals surface area contributed by atoms with Gasteiger partial charge in [-0.2, -0.15) is 0 Å². The van der Waals surface area contributed by atoms with Gasteiger partial charge in [0, 0.05) is 29.4 Å². The van der Waals surface area contributed by atoms with Crippen LogP contribution < -0.4 is 10.6 Å². The summed E-state index contributed by atoms with van der Waals surface area (Å²) in [5.41, 5.74) is 11.6. The average Bonchev–Trinajstić information content (AvgIpc) is 3.11. The van der Waals surface area contributed by atoms with Crippen molar-refractivity contribution in [3.8, 4) is 0 Å². The van der Waals surface area contributed by atoms with Gasteiger partial charge in [-0.25, -0.2) is 0 Å². The first-order valence-corrected chi connectivity index (χ1v) is 7.49. The smallest absolute Gasteiger partial charge is 0.230 e. The first-order valence-electron chi connectivity index (χ1n) is 7.49. The Morgan fingerprint density at radius 2 is 1.76 bits per heavy atom. The van der Waals surface area contributed by atoms with Gasteiger partial charge in [0.25, 0.3) is 0 Å². The van der Waals surface area contributed by atoms with Crippen molar-refractivity contribution in [2.45, 2.75) is 19.3 Å². The summed E-state index contributed by atoms with van der Waals surface area (Å²) in [6, 6.07) is 14.2. The maximum atomic E-state index is 12.9. The Bertz CT molecular complexity index is 698. The van der Waals surface area contributed by atoms with E-state index in [0.29, 0.717) is 0 Å². The highest BCUT2D eigenvalue weighted by Gasteiger charge is 2.34. The van der Waals surface area contributed by atoms with Crippen molar-refractivity contribution in [1.29, 1.82) is 0 Å². The summed E-state index contributed by atoms with van der Waals surface area (Å²) in [5.74, 6) is 0.324. The molecule has 0 saturated heterocycles. The highest BCUT2D eigenvalue weighted by Crippen LogP contribution is 2.35. The number of hydrogen-bond donors (Lipinski definition) is 1. The van der Waals surface area contributed by atoms with Crippen molar-refractivity contribution in [2.24, 2.45) is 5.92 Å². The molecule has 2 aliphatic rings. The topological polar surface area (TPSA) is 46.3 Å². The maximum Gasteiger partial charge on any atom is 0.230 e. The van der Waals surface area contributed by atoms with Crippen molar-refractivity contribution >= 4 is 17.3 Å². The third-order valence-corrected chi connectivity index (χ3v) is 4.73. The molecule has 3 heteroatoms. The number of benzene rings is 2. The van der Waals surface area contributed by atoms with Gasteiger partial charge in [0.2, 0.25) is 5.91 Å². The number of rotatable bonds is 1. The molecule has 0 unspecified atom stereocenters. The summed E-state index contributed by atoms with van der Waals surface area (Å²) in [4.78, 5) is 14.8. The van der Waals surface area contributed by atoms with Crippen LogP contribution in [-0.2, 0) is 24.1 Å². The second-order valence-electron chi connectivity index (χ2n) is 5.96. The van der Waals surface area contributed by atoms with E-state index in [1.165, 1.54) is 11.1 Å². The predicted octanol–water partition coefficient (Wildman–Crippen LogP) is 2.57. The third-order valence-electron chi connectivity index (χ3n) is 4.73. The SMILES string of the molecule is Nc1cccc2c1CCN2C(=O)C1Cc2ccccc2C1. The Balaban J connectivity index is 1.60. The molecular weight excluding hydrogens is 260 g/mol. The van der Waals surface area contributed by atoms with Gasteiger partial charge in [0.15, 0.2) is 0 Å². The van der Waals surface area contributed by atoms with Crippen LogP contribution in [0.3, 0.4) is 0 Å². The molecule has 106 valence electrons. The van der Waals surface area contributed by atoms with Gasteiger partial charge in [0.05, 0.1) is 0 Å². The van der Waals surface area contributed by atoms with Crippen LogP contribution in [-0.4, -0.2) is 12.5 Å². The number of nitrogens with zero attached hydrogens (tertiary/aromatic N) is 1. The first-order chi connectivity index (χ1) is 10.2. The Kier molecular flexibility index (Phi) is 2.74. The normalized spacial score (nSPS) is 16.9. The minimum Gasteiger partial charge on any atom is -0.398 e. The molecule has 21 heavy (non-hydrogen) atoms.